The van der Waals surface area contributed by atoms with Crippen LogP contribution in [0.1, 0.15) is 70.8 Å². The minimum Gasteiger partial charge on any atom is -0.417 e. The Kier molecular flexibility index (Phi) is 12.9. The first-order valence-electron chi connectivity index (χ1n) is 16.6. The summed E-state index contributed by atoms with van der Waals surface area (Å²) in [5.41, 5.74) is 1.59. The number of unbranched alkanes of at least 4 members (excludes halogenated alkanes) is 2. The average molecular weight is 676 g/mol. The maximum absolute atomic E-state index is 14.1. The van der Waals surface area contributed by atoms with Crippen LogP contribution in [0.3, 0.4) is 0 Å². The highest BCUT2D eigenvalue weighted by Gasteiger charge is 2.41. The van der Waals surface area contributed by atoms with Crippen LogP contribution in [0.5, 0.6) is 0 Å². The third kappa shape index (κ3) is 8.74. The van der Waals surface area contributed by atoms with Crippen molar-refractivity contribution in [3.8, 4) is 0 Å². The van der Waals surface area contributed by atoms with Gasteiger partial charge in [-0.05, 0) is 49.7 Å². The van der Waals surface area contributed by atoms with E-state index in [2.05, 4.69) is 16.0 Å². The summed E-state index contributed by atoms with van der Waals surface area (Å²) < 4.78 is 24.1. The molecular weight excluding hydrogens is 625 g/mol. The molecule has 1 unspecified atom stereocenters. The first-order chi connectivity index (χ1) is 22.5. The monoisotopic (exact) mass is 675 g/mol. The van der Waals surface area contributed by atoms with Crippen molar-refractivity contribution < 1.29 is 37.6 Å². The normalized spacial score (nSPS) is 23.6. The Morgan fingerprint density at radius 2 is 1.62 bits per heavy atom. The molecule has 4 rings (SSSR count). The lowest BCUT2D eigenvalue weighted by atomic mass is 9.93. The van der Waals surface area contributed by atoms with Gasteiger partial charge < -0.3 is 34.7 Å². The molecule has 14 heteroatoms. The molecule has 260 valence electrons. The number of nitrogens with one attached hydrogen (secondary N) is 3. The zero-order valence-electron chi connectivity index (χ0n) is 28.2. The van der Waals surface area contributed by atoms with E-state index in [4.69, 9.17) is 13.9 Å². The van der Waals surface area contributed by atoms with Crippen molar-refractivity contribution in [3.05, 3.63) is 36.0 Å². The third-order valence-corrected chi connectivity index (χ3v) is 11.5. The molecule has 3 N–H and O–H groups in total. The number of para-hydroxylation sites is 1. The molecule has 2 saturated heterocycles. The molecule has 2 aromatic rings. The van der Waals surface area contributed by atoms with Gasteiger partial charge in [-0.1, -0.05) is 51.3 Å². The maximum atomic E-state index is 14.1. The molecule has 2 aliphatic heterocycles. The minimum absolute atomic E-state index is 0.131. The standard InChI is InChI=1S/C33H50N5O8P/c1-6-22(2)29-33(42)37-18-12-11-17-28(37)32(41)34-25(15-8-7-13-19-47(43,45-4)46-5)30(39)35-26(31(40)36-29)20-23-21-38(44-3)27-16-10-9-14-24(23)27/h9-10,14,16,21-22,25-26,28-29H,6-8,11-13,15,17-20H2,1-5H3,(H,34,41)(H,35,39)(H,36,40)/t22?,25-,26-,28+,29-/m0/s1. The van der Waals surface area contributed by atoms with E-state index < -0.39 is 43.6 Å². The molecule has 2 fully saturated rings. The molecule has 0 saturated carbocycles. The van der Waals surface area contributed by atoms with E-state index in [1.54, 1.807) is 22.9 Å². The van der Waals surface area contributed by atoms with Crippen molar-refractivity contribution in [2.24, 2.45) is 5.92 Å². The molecule has 1 aromatic carbocycles. The molecule has 13 nitrogen and oxygen atoms in total. The lowest BCUT2D eigenvalue weighted by molar-refractivity contribution is -0.147. The number of carbonyl (C=O) groups is 4. The molecule has 3 heterocycles. The molecule has 47 heavy (non-hydrogen) atoms. The molecule has 2 aliphatic rings. The molecule has 0 aliphatic carbocycles. The van der Waals surface area contributed by atoms with E-state index >= 15 is 0 Å². The van der Waals surface area contributed by atoms with Crippen molar-refractivity contribution in [2.45, 2.75) is 95.8 Å². The minimum atomic E-state index is -3.15. The summed E-state index contributed by atoms with van der Waals surface area (Å²) in [6, 6.07) is 4.03. The van der Waals surface area contributed by atoms with Gasteiger partial charge in [-0.2, -0.15) is 4.73 Å². The Labute approximate surface area is 276 Å². The summed E-state index contributed by atoms with van der Waals surface area (Å²) in [4.78, 5) is 63.0. The van der Waals surface area contributed by atoms with Gasteiger partial charge >= 0.3 is 7.60 Å². The van der Waals surface area contributed by atoms with Crippen molar-refractivity contribution >= 4 is 42.1 Å². The molecule has 0 spiro atoms. The van der Waals surface area contributed by atoms with Gasteiger partial charge in [0.1, 0.15) is 31.3 Å². The van der Waals surface area contributed by atoms with Gasteiger partial charge in [-0.15, -0.1) is 0 Å². The number of hydrogen-bond acceptors (Lipinski definition) is 8. The van der Waals surface area contributed by atoms with Gasteiger partial charge in [0.2, 0.25) is 23.6 Å². The van der Waals surface area contributed by atoms with Crippen molar-refractivity contribution in [1.29, 1.82) is 0 Å². The second-order valence-corrected chi connectivity index (χ2v) is 14.9. The summed E-state index contributed by atoms with van der Waals surface area (Å²) in [6.07, 6.45) is 6.75. The Morgan fingerprint density at radius 1 is 0.915 bits per heavy atom. The SMILES string of the molecule is CCC(C)[C@@H]1NC(=O)[C@H](Cc2cn(OC)c3ccccc23)NC(=O)[C@H](CCCCCP(=O)(OC)OC)NC(=O)[C@H]2CCCCN2C1=O. The Bertz CT molecular complexity index is 1460. The number of hydrogen-bond donors (Lipinski definition) is 3. The number of amides is 4. The van der Waals surface area contributed by atoms with Crippen LogP contribution < -0.4 is 20.8 Å². The molecule has 0 bridgehead atoms. The number of nitrogens with zero attached hydrogens (tertiary/aromatic N) is 2. The van der Waals surface area contributed by atoms with Gasteiger partial charge in [0.15, 0.2) is 0 Å². The van der Waals surface area contributed by atoms with E-state index in [9.17, 15) is 23.7 Å². The van der Waals surface area contributed by atoms with Crippen molar-refractivity contribution in [2.75, 3.05) is 34.0 Å². The van der Waals surface area contributed by atoms with Crippen LogP contribution in [-0.4, -0.2) is 91.5 Å². The lowest BCUT2D eigenvalue weighted by Gasteiger charge is -2.39. The second kappa shape index (κ2) is 16.6. The van der Waals surface area contributed by atoms with Crippen molar-refractivity contribution in [3.63, 3.8) is 0 Å². The van der Waals surface area contributed by atoms with Gasteiger partial charge in [-0.3, -0.25) is 23.7 Å². The van der Waals surface area contributed by atoms with E-state index in [1.807, 2.05) is 38.1 Å². The second-order valence-electron chi connectivity index (χ2n) is 12.5. The molecule has 1 aromatic heterocycles. The summed E-state index contributed by atoms with van der Waals surface area (Å²) >= 11 is 0. The molecular formula is C33H50N5O8P. The van der Waals surface area contributed by atoms with Gasteiger partial charge in [-0.25, -0.2) is 0 Å². The highest BCUT2D eigenvalue weighted by molar-refractivity contribution is 7.53. The third-order valence-electron chi connectivity index (χ3n) is 9.49. The quantitative estimate of drug-likeness (QED) is 0.216. The number of carbonyl (C=O) groups excluding carboxylic acids is 4. The Hall–Kier alpha value is -3.41. The fourth-order valence-corrected chi connectivity index (χ4v) is 7.57. The van der Waals surface area contributed by atoms with E-state index in [1.165, 1.54) is 14.2 Å². The number of fused-ring (bicyclic) bond motifs is 2. The van der Waals surface area contributed by atoms with E-state index in [0.717, 1.165) is 29.3 Å². The Morgan fingerprint density at radius 3 is 2.32 bits per heavy atom. The Balaban J connectivity index is 1.65. The zero-order chi connectivity index (χ0) is 34.1. The number of piperidine rings is 1. The lowest BCUT2D eigenvalue weighted by Crippen LogP contribution is -2.64. The summed E-state index contributed by atoms with van der Waals surface area (Å²) in [7, 11) is 1.09. The van der Waals surface area contributed by atoms with Crippen molar-refractivity contribution in [1.82, 2.24) is 25.6 Å². The van der Waals surface area contributed by atoms with Gasteiger partial charge in [0, 0.05) is 38.8 Å². The zero-order valence-corrected chi connectivity index (χ0v) is 29.1. The fraction of sp³-hybridized carbons (Fsp3) is 0.636. The predicted octanol–water partition coefficient (Wildman–Crippen LogP) is 3.18. The predicted molar refractivity (Wildman–Crippen MR) is 178 cm³/mol. The highest BCUT2D eigenvalue weighted by atomic mass is 31.2. The van der Waals surface area contributed by atoms with Crippen LogP contribution >= 0.6 is 7.60 Å². The number of aromatic nitrogens is 1. The van der Waals surface area contributed by atoms with E-state index in [0.29, 0.717) is 38.6 Å². The van der Waals surface area contributed by atoms with Crippen LogP contribution in [-0.2, 0) is 39.2 Å². The van der Waals surface area contributed by atoms with Gasteiger partial charge in [0.25, 0.3) is 0 Å². The fourth-order valence-electron chi connectivity index (χ4n) is 6.44. The first kappa shape index (κ1) is 36.4. The van der Waals surface area contributed by atoms with Crippen LogP contribution in [0.2, 0.25) is 0 Å². The molecule has 4 amide bonds. The van der Waals surface area contributed by atoms with Crippen LogP contribution in [0, 0.1) is 5.92 Å². The first-order valence-corrected chi connectivity index (χ1v) is 18.3. The molecule has 5 atom stereocenters. The maximum Gasteiger partial charge on any atom is 0.330 e. The van der Waals surface area contributed by atoms with Gasteiger partial charge in [0.05, 0.1) is 11.7 Å². The molecule has 0 radical (unpaired) electrons. The largest absolute Gasteiger partial charge is 0.417 e. The summed E-state index contributed by atoms with van der Waals surface area (Å²) in [6.45, 7) is 4.25. The highest BCUT2D eigenvalue weighted by Crippen LogP contribution is 2.47. The average Bonchev–Trinajstić information content (AvgIpc) is 3.45. The topological polar surface area (TPSA) is 157 Å². The van der Waals surface area contributed by atoms with E-state index in [-0.39, 0.29) is 36.7 Å². The smallest absolute Gasteiger partial charge is 0.330 e. The van der Waals surface area contributed by atoms with Crippen LogP contribution in [0.25, 0.3) is 10.9 Å². The number of benzene rings is 1. The van der Waals surface area contributed by atoms with Crippen LogP contribution in [0.15, 0.2) is 30.5 Å². The summed E-state index contributed by atoms with van der Waals surface area (Å²) in [5, 5.41) is 9.69. The number of rotatable bonds is 13. The van der Waals surface area contributed by atoms with Crippen LogP contribution in [0.4, 0.5) is 0 Å². The summed E-state index contributed by atoms with van der Waals surface area (Å²) in [5.74, 6) is -1.82.